The molecule has 0 unspecified atom stereocenters. The quantitative estimate of drug-likeness (QED) is 0.341. The lowest BCUT2D eigenvalue weighted by Gasteiger charge is -2.43. The fraction of sp³-hybridized carbons (Fsp3) is 0.250. The van der Waals surface area contributed by atoms with Crippen LogP contribution in [0.4, 0.5) is 0 Å². The maximum absolute atomic E-state index is 11.2. The van der Waals surface area contributed by atoms with Gasteiger partial charge in [-0.15, -0.1) is 0 Å². The van der Waals surface area contributed by atoms with Gasteiger partial charge in [-0.1, -0.05) is 90.0 Å². The van der Waals surface area contributed by atoms with Crippen molar-refractivity contribution in [2.75, 3.05) is 6.61 Å². The molecule has 0 aromatic heterocycles. The largest absolute Gasteiger partial charge is 0.480 e. The molecule has 0 bridgehead atoms. The first kappa shape index (κ1) is 24.3. The lowest BCUT2D eigenvalue weighted by molar-refractivity contribution is -0.139. The molecule has 0 saturated carbocycles. The summed E-state index contributed by atoms with van der Waals surface area (Å²) < 4.78 is 12.5. The minimum absolute atomic E-state index is 0.0358. The van der Waals surface area contributed by atoms with E-state index < -0.39 is 18.7 Å². The highest BCUT2D eigenvalue weighted by atomic mass is 35.5. The van der Waals surface area contributed by atoms with Crippen LogP contribution in [-0.4, -0.2) is 17.7 Å². The van der Waals surface area contributed by atoms with Crippen LogP contribution >= 0.6 is 23.2 Å². The van der Waals surface area contributed by atoms with E-state index in [1.165, 1.54) is 5.56 Å². The van der Waals surface area contributed by atoms with Crippen molar-refractivity contribution < 1.29 is 19.4 Å². The van der Waals surface area contributed by atoms with Gasteiger partial charge in [0.2, 0.25) is 0 Å². The summed E-state index contributed by atoms with van der Waals surface area (Å²) >= 11 is 12.8. The van der Waals surface area contributed by atoms with Crippen LogP contribution in [0.1, 0.15) is 48.2 Å². The van der Waals surface area contributed by atoms with Crippen LogP contribution < -0.4 is 4.74 Å². The van der Waals surface area contributed by atoms with Gasteiger partial charge in [0.15, 0.2) is 6.61 Å². The molecule has 4 rings (SSSR count). The Labute approximate surface area is 209 Å². The highest BCUT2D eigenvalue weighted by Crippen LogP contribution is 2.53. The summed E-state index contributed by atoms with van der Waals surface area (Å²) in [5.41, 5.74) is 3.83. The summed E-state index contributed by atoms with van der Waals surface area (Å²) in [5.74, 6) is -0.717. The van der Waals surface area contributed by atoms with Crippen molar-refractivity contribution in [3.63, 3.8) is 0 Å². The average Bonchev–Trinajstić information content (AvgIpc) is 2.82. The van der Waals surface area contributed by atoms with Crippen molar-refractivity contribution in [1.82, 2.24) is 0 Å². The van der Waals surface area contributed by atoms with Gasteiger partial charge >= 0.3 is 5.97 Å². The second-order valence-corrected chi connectivity index (χ2v) is 9.42. The predicted molar refractivity (Wildman–Crippen MR) is 135 cm³/mol. The van der Waals surface area contributed by atoms with Gasteiger partial charge in [-0.3, -0.25) is 0 Å². The molecule has 1 heterocycles. The van der Waals surface area contributed by atoms with Crippen molar-refractivity contribution in [3.05, 3.63) is 112 Å². The maximum Gasteiger partial charge on any atom is 0.341 e. The van der Waals surface area contributed by atoms with E-state index in [0.29, 0.717) is 21.4 Å². The van der Waals surface area contributed by atoms with Gasteiger partial charge in [0.25, 0.3) is 0 Å². The molecule has 4 nitrogen and oxygen atoms in total. The van der Waals surface area contributed by atoms with Gasteiger partial charge in [-0.2, -0.15) is 0 Å². The monoisotopic (exact) mass is 496 g/mol. The summed E-state index contributed by atoms with van der Waals surface area (Å²) in [5, 5.41) is 10.1. The number of carboxylic acids is 1. The van der Waals surface area contributed by atoms with Crippen LogP contribution in [0.25, 0.3) is 0 Å². The van der Waals surface area contributed by atoms with Gasteiger partial charge in [0.05, 0.1) is 17.2 Å². The molecule has 1 N–H and O–H groups in total. The lowest BCUT2D eigenvalue weighted by atomic mass is 9.74. The maximum atomic E-state index is 11.2. The molecule has 4 atom stereocenters. The van der Waals surface area contributed by atoms with Gasteiger partial charge in [0.1, 0.15) is 5.75 Å². The van der Waals surface area contributed by atoms with Crippen molar-refractivity contribution in [1.29, 1.82) is 0 Å². The topological polar surface area (TPSA) is 55.8 Å². The predicted octanol–water partition coefficient (Wildman–Crippen LogP) is 7.64. The molecule has 1 aliphatic heterocycles. The molecule has 0 amide bonds. The van der Waals surface area contributed by atoms with Crippen LogP contribution in [0.15, 0.2) is 84.9 Å². The van der Waals surface area contributed by atoms with E-state index in [1.54, 1.807) is 6.07 Å². The number of hydrogen-bond acceptors (Lipinski definition) is 3. The number of benzene rings is 3. The summed E-state index contributed by atoms with van der Waals surface area (Å²) in [6.45, 7) is 5.75. The highest BCUT2D eigenvalue weighted by Gasteiger charge is 2.41. The van der Waals surface area contributed by atoms with E-state index >= 15 is 0 Å². The number of ether oxygens (including phenoxy) is 2. The Morgan fingerprint density at radius 2 is 1.74 bits per heavy atom. The summed E-state index contributed by atoms with van der Waals surface area (Å²) in [4.78, 5) is 11.2. The number of hydrogen-bond donors (Lipinski definition) is 1. The Balaban J connectivity index is 1.81. The van der Waals surface area contributed by atoms with Crippen LogP contribution in [0, 0.1) is 5.92 Å². The third-order valence-corrected chi connectivity index (χ3v) is 6.75. The average molecular weight is 497 g/mol. The molecule has 3 aromatic rings. The van der Waals surface area contributed by atoms with Gasteiger partial charge in [0, 0.05) is 22.4 Å². The number of carbonyl (C=O) groups is 1. The Bertz CT molecular complexity index is 1180. The standard InChI is InChI=1S/C28H26Cl2O4/c1-17(2)22-15-23(18-8-4-3-5-9-18)26(19-10-6-11-20(29)14-19)34-27(22)21-12-7-13-24(30)28(21)33-16-25(31)32/h3-14,22-23,26-27H,1,15-16H2,2H3,(H,31,32)/t22-,23-,26+,27-/m1/s1. The fourth-order valence-corrected chi connectivity index (χ4v) is 5.09. The Morgan fingerprint density at radius 1 is 1.03 bits per heavy atom. The molecule has 1 fully saturated rings. The Kier molecular flexibility index (Phi) is 7.62. The third-order valence-electron chi connectivity index (χ3n) is 6.21. The van der Waals surface area contributed by atoms with E-state index in [0.717, 1.165) is 17.6 Å². The minimum Gasteiger partial charge on any atom is -0.480 e. The molecule has 0 aliphatic carbocycles. The van der Waals surface area contributed by atoms with Crippen molar-refractivity contribution in [3.8, 4) is 5.75 Å². The van der Waals surface area contributed by atoms with Crippen LogP contribution in [0.5, 0.6) is 5.75 Å². The van der Waals surface area contributed by atoms with Crippen molar-refractivity contribution >= 4 is 29.2 Å². The fourth-order valence-electron chi connectivity index (χ4n) is 4.66. The molecule has 1 saturated heterocycles. The van der Waals surface area contributed by atoms with E-state index in [2.05, 4.69) is 18.7 Å². The molecule has 6 heteroatoms. The van der Waals surface area contributed by atoms with Crippen LogP contribution in [0.3, 0.4) is 0 Å². The third kappa shape index (κ3) is 5.30. The van der Waals surface area contributed by atoms with E-state index in [1.807, 2.05) is 61.5 Å². The summed E-state index contributed by atoms with van der Waals surface area (Å²) in [6, 6.07) is 23.4. The smallest absolute Gasteiger partial charge is 0.341 e. The SMILES string of the molecule is C=C(C)[C@H]1C[C@H](c2ccccc2)[C@H](c2cccc(Cl)c2)O[C@@H]1c1cccc(Cl)c1OCC(=O)O. The van der Waals surface area contributed by atoms with Gasteiger partial charge < -0.3 is 14.6 Å². The van der Waals surface area contributed by atoms with E-state index in [-0.39, 0.29) is 17.9 Å². The molecule has 0 radical (unpaired) electrons. The zero-order chi connectivity index (χ0) is 24.2. The van der Waals surface area contributed by atoms with Crippen LogP contribution in [-0.2, 0) is 9.53 Å². The zero-order valence-corrected chi connectivity index (χ0v) is 20.3. The molecule has 0 spiro atoms. The second-order valence-electron chi connectivity index (χ2n) is 8.58. The number of halogens is 2. The Hall–Kier alpha value is -2.79. The minimum atomic E-state index is -1.08. The van der Waals surface area contributed by atoms with Crippen molar-refractivity contribution in [2.24, 2.45) is 5.92 Å². The first-order valence-electron chi connectivity index (χ1n) is 11.1. The first-order valence-corrected chi connectivity index (χ1v) is 11.8. The molecule has 1 aliphatic rings. The molecular weight excluding hydrogens is 471 g/mol. The number of rotatable bonds is 7. The number of para-hydroxylation sites is 1. The van der Waals surface area contributed by atoms with Crippen LogP contribution in [0.2, 0.25) is 10.0 Å². The van der Waals surface area contributed by atoms with Gasteiger partial charge in [-0.25, -0.2) is 4.79 Å². The molecule has 3 aromatic carbocycles. The first-order chi connectivity index (χ1) is 16.3. The Morgan fingerprint density at radius 3 is 2.41 bits per heavy atom. The number of carboxylic acid groups (broad SMARTS) is 1. The molecule has 176 valence electrons. The van der Waals surface area contributed by atoms with Crippen molar-refractivity contribution in [2.45, 2.75) is 31.5 Å². The summed E-state index contributed by atoms with van der Waals surface area (Å²) in [7, 11) is 0. The number of aliphatic carboxylic acids is 1. The second kappa shape index (κ2) is 10.6. The van der Waals surface area contributed by atoms with E-state index in [4.69, 9.17) is 37.8 Å². The molecular formula is C28H26Cl2O4. The summed E-state index contributed by atoms with van der Waals surface area (Å²) in [6.07, 6.45) is 0.0726. The highest BCUT2D eigenvalue weighted by molar-refractivity contribution is 6.32. The van der Waals surface area contributed by atoms with E-state index in [9.17, 15) is 4.79 Å². The lowest BCUT2D eigenvalue weighted by Crippen LogP contribution is -2.32. The zero-order valence-electron chi connectivity index (χ0n) is 18.8. The van der Waals surface area contributed by atoms with Gasteiger partial charge in [-0.05, 0) is 42.7 Å². The molecule has 34 heavy (non-hydrogen) atoms. The normalized spacial score (nSPS) is 22.2.